The summed E-state index contributed by atoms with van der Waals surface area (Å²) in [6.07, 6.45) is 1.98. The molecule has 0 aliphatic carbocycles. The van der Waals surface area contributed by atoms with Crippen LogP contribution < -0.4 is 16.0 Å². The summed E-state index contributed by atoms with van der Waals surface area (Å²) in [5.41, 5.74) is 2.36. The van der Waals surface area contributed by atoms with E-state index in [1.807, 2.05) is 75.6 Å². The van der Waals surface area contributed by atoms with Crippen molar-refractivity contribution in [3.63, 3.8) is 0 Å². The van der Waals surface area contributed by atoms with E-state index in [1.165, 1.54) is 0 Å². The molecule has 6 heteroatoms. The van der Waals surface area contributed by atoms with Crippen molar-refractivity contribution in [2.45, 2.75) is 31.7 Å². The molecule has 138 valence electrons. The summed E-state index contributed by atoms with van der Waals surface area (Å²) in [5.74, 6) is -0.199. The number of benzene rings is 2. The Balaban J connectivity index is 1.95. The Morgan fingerprint density at radius 3 is 2.08 bits per heavy atom. The molecular formula is C20H25N3O2S. The van der Waals surface area contributed by atoms with Crippen molar-refractivity contribution in [2.75, 3.05) is 22.2 Å². The van der Waals surface area contributed by atoms with Gasteiger partial charge >= 0.3 is 0 Å². The monoisotopic (exact) mass is 371 g/mol. The molecule has 2 aromatic carbocycles. The third-order valence-corrected chi connectivity index (χ3v) is 4.61. The minimum absolute atomic E-state index is 0.0223. The van der Waals surface area contributed by atoms with Gasteiger partial charge in [0.1, 0.15) is 6.04 Å². The summed E-state index contributed by atoms with van der Waals surface area (Å²) in [6, 6.07) is 14.6. The first-order valence-corrected chi connectivity index (χ1v) is 9.74. The molecule has 0 fully saturated rings. The number of anilines is 3. The normalized spacial score (nSPS) is 11.7. The number of rotatable bonds is 7. The quantitative estimate of drug-likeness (QED) is 0.629. The van der Waals surface area contributed by atoms with Crippen LogP contribution in [0.15, 0.2) is 53.4 Å². The van der Waals surface area contributed by atoms with Gasteiger partial charge in [-0.05, 0) is 49.6 Å². The highest BCUT2D eigenvalue weighted by Crippen LogP contribution is 2.25. The number of para-hydroxylation sites is 1. The van der Waals surface area contributed by atoms with E-state index in [1.54, 1.807) is 11.8 Å². The van der Waals surface area contributed by atoms with Crippen LogP contribution in [0, 0.1) is 5.92 Å². The van der Waals surface area contributed by atoms with Gasteiger partial charge < -0.3 is 16.0 Å². The lowest BCUT2D eigenvalue weighted by Gasteiger charge is -2.17. The number of hydrogen-bond donors (Lipinski definition) is 3. The smallest absolute Gasteiger partial charge is 0.246 e. The maximum Gasteiger partial charge on any atom is 0.246 e. The zero-order chi connectivity index (χ0) is 19.1. The van der Waals surface area contributed by atoms with Crippen molar-refractivity contribution in [1.29, 1.82) is 0 Å². The average Bonchev–Trinajstić information content (AvgIpc) is 2.63. The molecule has 2 aromatic rings. The number of thioether (sulfide) groups is 1. The summed E-state index contributed by atoms with van der Waals surface area (Å²) in [6.45, 7) is 5.51. The highest BCUT2D eigenvalue weighted by atomic mass is 32.2. The molecule has 0 saturated carbocycles. The SMILES string of the molecule is CSc1ccccc1NC(=O)[C@@H](C)Nc1ccc(NC(=O)C(C)C)cc1. The molecule has 2 amide bonds. The van der Waals surface area contributed by atoms with Crippen molar-refractivity contribution >= 4 is 40.6 Å². The van der Waals surface area contributed by atoms with Crippen molar-refractivity contribution in [3.8, 4) is 0 Å². The fourth-order valence-corrected chi connectivity index (χ4v) is 2.79. The molecule has 0 aliphatic rings. The van der Waals surface area contributed by atoms with E-state index in [9.17, 15) is 9.59 Å². The van der Waals surface area contributed by atoms with Crippen molar-refractivity contribution in [2.24, 2.45) is 5.92 Å². The lowest BCUT2D eigenvalue weighted by atomic mass is 10.2. The summed E-state index contributed by atoms with van der Waals surface area (Å²) >= 11 is 1.59. The van der Waals surface area contributed by atoms with Gasteiger partial charge in [-0.3, -0.25) is 9.59 Å². The molecule has 2 rings (SSSR count). The Morgan fingerprint density at radius 1 is 0.846 bits per heavy atom. The Kier molecular flexibility index (Phi) is 7.09. The molecule has 0 heterocycles. The fourth-order valence-electron chi connectivity index (χ4n) is 2.24. The predicted octanol–water partition coefficient (Wildman–Crippen LogP) is 4.44. The predicted molar refractivity (Wildman–Crippen MR) is 110 cm³/mol. The first-order valence-electron chi connectivity index (χ1n) is 8.52. The second-order valence-corrected chi connectivity index (χ2v) is 7.12. The molecule has 3 N–H and O–H groups in total. The molecule has 0 aromatic heterocycles. The zero-order valence-corrected chi connectivity index (χ0v) is 16.3. The van der Waals surface area contributed by atoms with Crippen LogP contribution in [0.25, 0.3) is 0 Å². The molecule has 26 heavy (non-hydrogen) atoms. The highest BCUT2D eigenvalue weighted by Gasteiger charge is 2.14. The molecule has 0 radical (unpaired) electrons. The van der Waals surface area contributed by atoms with Crippen LogP contribution in [0.2, 0.25) is 0 Å². The molecule has 1 atom stereocenters. The Labute approximate surface area is 159 Å². The number of nitrogens with one attached hydrogen (secondary N) is 3. The van der Waals surface area contributed by atoms with E-state index >= 15 is 0 Å². The van der Waals surface area contributed by atoms with Crippen LogP contribution in [0.5, 0.6) is 0 Å². The van der Waals surface area contributed by atoms with Crippen LogP contribution in [-0.2, 0) is 9.59 Å². The van der Waals surface area contributed by atoms with Gasteiger partial charge in [0.2, 0.25) is 11.8 Å². The van der Waals surface area contributed by atoms with Crippen LogP contribution in [0.1, 0.15) is 20.8 Å². The van der Waals surface area contributed by atoms with Crippen molar-refractivity contribution in [1.82, 2.24) is 0 Å². The van der Waals surface area contributed by atoms with Gasteiger partial charge in [-0.15, -0.1) is 11.8 Å². The lowest BCUT2D eigenvalue weighted by molar-refractivity contribution is -0.119. The van der Waals surface area contributed by atoms with Crippen molar-refractivity contribution < 1.29 is 9.59 Å². The third kappa shape index (κ3) is 5.52. The van der Waals surface area contributed by atoms with Gasteiger partial charge in [0.25, 0.3) is 0 Å². The van der Waals surface area contributed by atoms with Crippen LogP contribution >= 0.6 is 11.8 Å². The summed E-state index contributed by atoms with van der Waals surface area (Å²) in [4.78, 5) is 25.2. The molecular weight excluding hydrogens is 346 g/mol. The second-order valence-electron chi connectivity index (χ2n) is 6.28. The van der Waals surface area contributed by atoms with Crippen LogP contribution in [-0.4, -0.2) is 24.1 Å². The van der Waals surface area contributed by atoms with Gasteiger partial charge in [-0.25, -0.2) is 0 Å². The highest BCUT2D eigenvalue weighted by molar-refractivity contribution is 7.98. The summed E-state index contributed by atoms with van der Waals surface area (Å²) in [7, 11) is 0. The molecule has 0 aliphatic heterocycles. The zero-order valence-electron chi connectivity index (χ0n) is 15.5. The standard InChI is InChI=1S/C20H25N3O2S/c1-13(2)19(24)22-16-11-9-15(10-12-16)21-14(3)20(25)23-17-7-5-6-8-18(17)26-4/h5-14,21H,1-4H3,(H,22,24)(H,23,25)/t14-/m1/s1. The van der Waals surface area contributed by atoms with Gasteiger partial charge in [-0.1, -0.05) is 26.0 Å². The number of amides is 2. The van der Waals surface area contributed by atoms with Gasteiger partial charge in [0.15, 0.2) is 0 Å². The van der Waals surface area contributed by atoms with Crippen LogP contribution in [0.4, 0.5) is 17.1 Å². The number of hydrogen-bond acceptors (Lipinski definition) is 4. The number of carbonyl (C=O) groups is 2. The molecule has 0 bridgehead atoms. The molecule has 0 saturated heterocycles. The maximum absolute atomic E-state index is 12.4. The van der Waals surface area contributed by atoms with E-state index in [0.29, 0.717) is 0 Å². The minimum Gasteiger partial charge on any atom is -0.374 e. The van der Waals surface area contributed by atoms with Crippen LogP contribution in [0.3, 0.4) is 0 Å². The molecule has 0 unspecified atom stereocenters. The fraction of sp³-hybridized carbons (Fsp3) is 0.300. The number of carbonyl (C=O) groups excluding carboxylic acids is 2. The summed E-state index contributed by atoms with van der Waals surface area (Å²) < 4.78 is 0. The van der Waals surface area contributed by atoms with Crippen molar-refractivity contribution in [3.05, 3.63) is 48.5 Å². The summed E-state index contributed by atoms with van der Waals surface area (Å²) in [5, 5.41) is 8.96. The Hall–Kier alpha value is -2.47. The lowest BCUT2D eigenvalue weighted by Crippen LogP contribution is -2.32. The molecule has 5 nitrogen and oxygen atoms in total. The van der Waals surface area contributed by atoms with Gasteiger partial charge in [0.05, 0.1) is 5.69 Å². The van der Waals surface area contributed by atoms with E-state index in [2.05, 4.69) is 16.0 Å². The Bertz CT molecular complexity index is 760. The Morgan fingerprint density at radius 2 is 1.46 bits per heavy atom. The first kappa shape index (κ1) is 19.8. The maximum atomic E-state index is 12.4. The van der Waals surface area contributed by atoms with Gasteiger partial charge in [-0.2, -0.15) is 0 Å². The topological polar surface area (TPSA) is 70.2 Å². The minimum atomic E-state index is -0.402. The molecule has 0 spiro atoms. The largest absolute Gasteiger partial charge is 0.374 e. The van der Waals surface area contributed by atoms with Gasteiger partial charge in [0, 0.05) is 22.2 Å². The van der Waals surface area contributed by atoms with E-state index in [-0.39, 0.29) is 17.7 Å². The average molecular weight is 372 g/mol. The van der Waals surface area contributed by atoms with E-state index in [0.717, 1.165) is 22.0 Å². The second kappa shape index (κ2) is 9.29. The first-order chi connectivity index (χ1) is 12.4. The van der Waals surface area contributed by atoms with E-state index in [4.69, 9.17) is 0 Å². The third-order valence-electron chi connectivity index (χ3n) is 3.82. The van der Waals surface area contributed by atoms with E-state index < -0.39 is 6.04 Å².